The van der Waals surface area contributed by atoms with Crippen LogP contribution in [0.15, 0.2) is 6.20 Å². The van der Waals surface area contributed by atoms with E-state index in [1.54, 1.807) is 0 Å². The van der Waals surface area contributed by atoms with Gasteiger partial charge >= 0.3 is 0 Å². The standard InChI is InChI=1S/C9H16N4/c1-7-6-12-9(13-8(7)2)11-5-4-10-3/h6,10H,4-5H2,1-3H3,(H,11,12,13). The molecule has 4 heteroatoms. The molecule has 0 aliphatic carbocycles. The third kappa shape index (κ3) is 2.99. The van der Waals surface area contributed by atoms with Gasteiger partial charge in [0, 0.05) is 25.0 Å². The molecule has 1 aromatic rings. The largest absolute Gasteiger partial charge is 0.353 e. The molecule has 4 nitrogen and oxygen atoms in total. The zero-order valence-electron chi connectivity index (χ0n) is 8.39. The molecule has 0 aliphatic heterocycles. The molecule has 2 N–H and O–H groups in total. The van der Waals surface area contributed by atoms with Crippen LogP contribution in [0.2, 0.25) is 0 Å². The number of nitrogens with one attached hydrogen (secondary N) is 2. The molecule has 0 atom stereocenters. The summed E-state index contributed by atoms with van der Waals surface area (Å²) < 4.78 is 0. The Hall–Kier alpha value is -1.16. The zero-order valence-corrected chi connectivity index (χ0v) is 8.39. The molecule has 13 heavy (non-hydrogen) atoms. The first-order valence-electron chi connectivity index (χ1n) is 4.42. The highest BCUT2D eigenvalue weighted by Crippen LogP contribution is 2.04. The van der Waals surface area contributed by atoms with E-state index in [-0.39, 0.29) is 0 Å². The van der Waals surface area contributed by atoms with Gasteiger partial charge in [-0.3, -0.25) is 0 Å². The van der Waals surface area contributed by atoms with Gasteiger partial charge in [0.2, 0.25) is 5.95 Å². The fourth-order valence-corrected chi connectivity index (χ4v) is 0.912. The molecule has 0 saturated carbocycles. The van der Waals surface area contributed by atoms with Crippen molar-refractivity contribution in [3.05, 3.63) is 17.5 Å². The summed E-state index contributed by atoms with van der Waals surface area (Å²) in [4.78, 5) is 8.46. The lowest BCUT2D eigenvalue weighted by Crippen LogP contribution is -2.18. The monoisotopic (exact) mass is 180 g/mol. The molecule has 0 saturated heterocycles. The minimum absolute atomic E-state index is 0.707. The maximum Gasteiger partial charge on any atom is 0.222 e. The number of aryl methyl sites for hydroxylation is 2. The third-order valence-corrected chi connectivity index (χ3v) is 1.88. The van der Waals surface area contributed by atoms with Crippen molar-refractivity contribution in [2.75, 3.05) is 25.5 Å². The van der Waals surface area contributed by atoms with E-state index in [4.69, 9.17) is 0 Å². The number of nitrogens with zero attached hydrogens (tertiary/aromatic N) is 2. The summed E-state index contributed by atoms with van der Waals surface area (Å²) in [6, 6.07) is 0. The summed E-state index contributed by atoms with van der Waals surface area (Å²) in [6.45, 7) is 5.75. The van der Waals surface area contributed by atoms with Crippen LogP contribution in [0, 0.1) is 13.8 Å². The molecule has 1 rings (SSSR count). The maximum atomic E-state index is 4.29. The summed E-state index contributed by atoms with van der Waals surface area (Å²) in [7, 11) is 1.92. The average Bonchev–Trinajstić information content (AvgIpc) is 2.12. The first-order chi connectivity index (χ1) is 6.24. The summed E-state index contributed by atoms with van der Waals surface area (Å²) in [5.74, 6) is 0.707. The smallest absolute Gasteiger partial charge is 0.222 e. The van der Waals surface area contributed by atoms with Gasteiger partial charge in [-0.1, -0.05) is 0 Å². The third-order valence-electron chi connectivity index (χ3n) is 1.88. The molecule has 1 heterocycles. The molecular weight excluding hydrogens is 164 g/mol. The zero-order chi connectivity index (χ0) is 9.68. The van der Waals surface area contributed by atoms with Crippen molar-refractivity contribution in [3.8, 4) is 0 Å². The molecule has 0 unspecified atom stereocenters. The molecule has 1 aromatic heterocycles. The van der Waals surface area contributed by atoms with Crippen LogP contribution in [0.1, 0.15) is 11.3 Å². The van der Waals surface area contributed by atoms with Crippen molar-refractivity contribution < 1.29 is 0 Å². The number of hydrogen-bond donors (Lipinski definition) is 2. The molecule has 0 amide bonds. The number of aromatic nitrogens is 2. The molecule has 0 fully saturated rings. The van der Waals surface area contributed by atoms with Gasteiger partial charge in [-0.05, 0) is 26.5 Å². The molecule has 0 bridgehead atoms. The normalized spacial score (nSPS) is 10.1. The lowest BCUT2D eigenvalue weighted by atomic mass is 10.3. The Morgan fingerprint density at radius 3 is 2.69 bits per heavy atom. The van der Waals surface area contributed by atoms with Crippen LogP contribution in [-0.4, -0.2) is 30.1 Å². The second-order valence-corrected chi connectivity index (χ2v) is 2.99. The van der Waals surface area contributed by atoms with Crippen LogP contribution in [0.25, 0.3) is 0 Å². The maximum absolute atomic E-state index is 4.29. The van der Waals surface area contributed by atoms with Crippen LogP contribution in [-0.2, 0) is 0 Å². The lowest BCUT2D eigenvalue weighted by molar-refractivity contribution is 0.816. The number of rotatable bonds is 4. The van der Waals surface area contributed by atoms with E-state index in [9.17, 15) is 0 Å². The molecular formula is C9H16N4. The highest BCUT2D eigenvalue weighted by molar-refractivity contribution is 5.28. The number of likely N-dealkylation sites (N-methyl/N-ethyl adjacent to an activating group) is 1. The van der Waals surface area contributed by atoms with Crippen molar-refractivity contribution >= 4 is 5.95 Å². The quantitative estimate of drug-likeness (QED) is 0.670. The molecule has 72 valence electrons. The van der Waals surface area contributed by atoms with Gasteiger partial charge in [0.15, 0.2) is 0 Å². The van der Waals surface area contributed by atoms with E-state index in [0.29, 0.717) is 5.95 Å². The Labute approximate surface area is 78.8 Å². The summed E-state index contributed by atoms with van der Waals surface area (Å²) >= 11 is 0. The Balaban J connectivity index is 2.53. The predicted molar refractivity (Wildman–Crippen MR) is 53.9 cm³/mol. The first kappa shape index (κ1) is 9.92. The minimum atomic E-state index is 0.707. The second kappa shape index (κ2) is 4.77. The summed E-state index contributed by atoms with van der Waals surface area (Å²) in [5.41, 5.74) is 2.15. The van der Waals surface area contributed by atoms with Crippen molar-refractivity contribution in [3.63, 3.8) is 0 Å². The Bertz CT molecular complexity index is 272. The minimum Gasteiger partial charge on any atom is -0.353 e. The Kier molecular flexibility index (Phi) is 3.64. The fourth-order valence-electron chi connectivity index (χ4n) is 0.912. The average molecular weight is 180 g/mol. The van der Waals surface area contributed by atoms with E-state index in [0.717, 1.165) is 24.3 Å². The van der Waals surface area contributed by atoms with E-state index in [1.165, 1.54) is 0 Å². The van der Waals surface area contributed by atoms with Gasteiger partial charge in [0.1, 0.15) is 0 Å². The van der Waals surface area contributed by atoms with E-state index >= 15 is 0 Å². The molecule has 0 spiro atoms. The molecule has 0 aliphatic rings. The van der Waals surface area contributed by atoms with Gasteiger partial charge in [-0.15, -0.1) is 0 Å². The Morgan fingerprint density at radius 1 is 1.31 bits per heavy atom. The van der Waals surface area contributed by atoms with Crippen LogP contribution < -0.4 is 10.6 Å². The van der Waals surface area contributed by atoms with Crippen LogP contribution in [0.3, 0.4) is 0 Å². The van der Waals surface area contributed by atoms with Crippen molar-refractivity contribution in [2.24, 2.45) is 0 Å². The highest BCUT2D eigenvalue weighted by atomic mass is 15.1. The Morgan fingerprint density at radius 2 is 2.08 bits per heavy atom. The molecule has 0 radical (unpaired) electrons. The van der Waals surface area contributed by atoms with E-state index in [2.05, 4.69) is 20.6 Å². The van der Waals surface area contributed by atoms with Gasteiger partial charge < -0.3 is 10.6 Å². The van der Waals surface area contributed by atoms with E-state index in [1.807, 2.05) is 27.1 Å². The number of hydrogen-bond acceptors (Lipinski definition) is 4. The van der Waals surface area contributed by atoms with Gasteiger partial charge in [0.05, 0.1) is 0 Å². The number of anilines is 1. The molecule has 0 aromatic carbocycles. The van der Waals surface area contributed by atoms with Gasteiger partial charge in [0.25, 0.3) is 0 Å². The van der Waals surface area contributed by atoms with E-state index < -0.39 is 0 Å². The van der Waals surface area contributed by atoms with Gasteiger partial charge in [-0.2, -0.15) is 0 Å². The second-order valence-electron chi connectivity index (χ2n) is 2.99. The fraction of sp³-hybridized carbons (Fsp3) is 0.556. The SMILES string of the molecule is CNCCNc1ncc(C)c(C)n1. The van der Waals surface area contributed by atoms with Crippen molar-refractivity contribution in [1.29, 1.82) is 0 Å². The lowest BCUT2D eigenvalue weighted by Gasteiger charge is -2.05. The van der Waals surface area contributed by atoms with Crippen LogP contribution >= 0.6 is 0 Å². The highest BCUT2D eigenvalue weighted by Gasteiger charge is 1.97. The van der Waals surface area contributed by atoms with Crippen LogP contribution in [0.5, 0.6) is 0 Å². The van der Waals surface area contributed by atoms with Crippen molar-refractivity contribution in [1.82, 2.24) is 15.3 Å². The van der Waals surface area contributed by atoms with Crippen LogP contribution in [0.4, 0.5) is 5.95 Å². The van der Waals surface area contributed by atoms with Crippen molar-refractivity contribution in [2.45, 2.75) is 13.8 Å². The predicted octanol–water partition coefficient (Wildman–Crippen LogP) is 0.725. The summed E-state index contributed by atoms with van der Waals surface area (Å²) in [6.07, 6.45) is 1.84. The topological polar surface area (TPSA) is 49.8 Å². The summed E-state index contributed by atoms with van der Waals surface area (Å²) in [5, 5.41) is 6.17. The van der Waals surface area contributed by atoms with Gasteiger partial charge in [-0.25, -0.2) is 9.97 Å². The first-order valence-corrected chi connectivity index (χ1v) is 4.42.